The summed E-state index contributed by atoms with van der Waals surface area (Å²) in [4.78, 5) is 11.4. The van der Waals surface area contributed by atoms with Crippen molar-refractivity contribution in [3.63, 3.8) is 0 Å². The molecule has 1 fully saturated rings. The highest BCUT2D eigenvalue weighted by molar-refractivity contribution is 5.89. The molecule has 0 radical (unpaired) electrons. The van der Waals surface area contributed by atoms with Gasteiger partial charge in [0.25, 0.3) is 0 Å². The van der Waals surface area contributed by atoms with Crippen LogP contribution in [0.3, 0.4) is 0 Å². The van der Waals surface area contributed by atoms with Crippen molar-refractivity contribution in [3.8, 4) is 11.3 Å². The predicted molar refractivity (Wildman–Crippen MR) is 85.0 cm³/mol. The maximum absolute atomic E-state index is 11.4. The Labute approximate surface area is 135 Å². The summed E-state index contributed by atoms with van der Waals surface area (Å²) in [5.74, 6) is 1.41. The monoisotopic (exact) mass is 316 g/mol. The van der Waals surface area contributed by atoms with E-state index in [1.54, 1.807) is 12.1 Å². The lowest BCUT2D eigenvalue weighted by Crippen LogP contribution is -2.84. The van der Waals surface area contributed by atoms with Crippen molar-refractivity contribution in [2.75, 3.05) is 20.3 Å². The first-order chi connectivity index (χ1) is 11.3. The molecule has 1 aromatic carbocycles. The van der Waals surface area contributed by atoms with Crippen LogP contribution < -0.4 is 5.32 Å². The van der Waals surface area contributed by atoms with Crippen LogP contribution in [0.4, 0.5) is 0 Å². The number of rotatable bonds is 6. The van der Waals surface area contributed by atoms with Crippen LogP contribution in [0.5, 0.6) is 0 Å². The van der Waals surface area contributed by atoms with Gasteiger partial charge in [0, 0.05) is 12.2 Å². The zero-order chi connectivity index (χ0) is 16.1. The first kappa shape index (κ1) is 15.8. The summed E-state index contributed by atoms with van der Waals surface area (Å²) in [5.41, 5.74) is 1.48. The first-order valence-corrected chi connectivity index (χ1v) is 7.97. The summed E-state index contributed by atoms with van der Waals surface area (Å²) in [6, 6.07) is 11.2. The minimum Gasteiger partial charge on any atom is -0.465 e. The minimum absolute atomic E-state index is 0.333. The standard InChI is InChI=1S/C18H21NO4/c1-21-18(20)14-6-4-13(5-7-14)17-9-8-16(23-17)12-19-11-15-3-2-10-22-15/h4-9,15,19H,2-3,10-12H2,1H3/p+1/t15-/m0/s1. The number of carbonyl (C=O) groups excluding carboxylic acids is 1. The second-order valence-electron chi connectivity index (χ2n) is 5.70. The Bertz CT molecular complexity index is 641. The predicted octanol–water partition coefficient (Wildman–Crippen LogP) is 1.98. The summed E-state index contributed by atoms with van der Waals surface area (Å²) < 4.78 is 16.2. The Kier molecular flexibility index (Phi) is 5.10. The third-order valence-electron chi connectivity index (χ3n) is 4.05. The van der Waals surface area contributed by atoms with Crippen molar-refractivity contribution < 1.29 is 24.0 Å². The van der Waals surface area contributed by atoms with Crippen LogP contribution >= 0.6 is 0 Å². The Morgan fingerprint density at radius 3 is 2.78 bits per heavy atom. The summed E-state index contributed by atoms with van der Waals surface area (Å²) in [7, 11) is 1.38. The van der Waals surface area contributed by atoms with E-state index < -0.39 is 0 Å². The van der Waals surface area contributed by atoms with Gasteiger partial charge in [-0.05, 0) is 37.1 Å². The number of nitrogens with two attached hydrogens (primary N) is 1. The van der Waals surface area contributed by atoms with Gasteiger partial charge in [-0.2, -0.15) is 0 Å². The van der Waals surface area contributed by atoms with Gasteiger partial charge in [-0.15, -0.1) is 0 Å². The number of hydrogen-bond donors (Lipinski definition) is 1. The SMILES string of the molecule is COC(=O)c1ccc(-c2ccc(C[NH2+]C[C@@H]3CCCO3)o2)cc1. The fourth-order valence-corrected chi connectivity index (χ4v) is 2.77. The fraction of sp³-hybridized carbons (Fsp3) is 0.389. The average Bonchev–Trinajstić information content (AvgIpc) is 3.26. The number of ether oxygens (including phenoxy) is 2. The van der Waals surface area contributed by atoms with Crippen LogP contribution in [0, 0.1) is 0 Å². The van der Waals surface area contributed by atoms with Gasteiger partial charge in [-0.3, -0.25) is 0 Å². The van der Waals surface area contributed by atoms with Gasteiger partial charge >= 0.3 is 5.97 Å². The largest absolute Gasteiger partial charge is 0.465 e. The van der Waals surface area contributed by atoms with Gasteiger partial charge in [0.2, 0.25) is 0 Å². The van der Waals surface area contributed by atoms with Gasteiger partial charge in [0.1, 0.15) is 25.0 Å². The molecule has 0 bridgehead atoms. The molecule has 1 atom stereocenters. The van der Waals surface area contributed by atoms with Gasteiger partial charge in [-0.1, -0.05) is 12.1 Å². The van der Waals surface area contributed by atoms with Crippen molar-refractivity contribution in [2.24, 2.45) is 0 Å². The number of carbonyl (C=O) groups is 1. The van der Waals surface area contributed by atoms with Gasteiger partial charge < -0.3 is 19.2 Å². The molecule has 0 amide bonds. The number of methoxy groups -OCH3 is 1. The quantitative estimate of drug-likeness (QED) is 0.828. The third-order valence-corrected chi connectivity index (χ3v) is 4.05. The van der Waals surface area contributed by atoms with E-state index in [4.69, 9.17) is 13.9 Å². The smallest absolute Gasteiger partial charge is 0.337 e. The zero-order valence-corrected chi connectivity index (χ0v) is 13.3. The normalized spacial score (nSPS) is 17.3. The van der Waals surface area contributed by atoms with Crippen molar-refractivity contribution in [1.29, 1.82) is 0 Å². The molecule has 2 aromatic rings. The van der Waals surface area contributed by atoms with Crippen LogP contribution in [0.15, 0.2) is 40.8 Å². The third kappa shape index (κ3) is 4.00. The molecule has 122 valence electrons. The van der Waals surface area contributed by atoms with Crippen molar-refractivity contribution >= 4 is 5.97 Å². The number of hydrogen-bond acceptors (Lipinski definition) is 4. The summed E-state index contributed by atoms with van der Waals surface area (Å²) in [5, 5.41) is 2.22. The Balaban J connectivity index is 1.56. The molecule has 5 heteroatoms. The highest BCUT2D eigenvalue weighted by Gasteiger charge is 2.17. The van der Waals surface area contributed by atoms with E-state index in [0.29, 0.717) is 11.7 Å². The van der Waals surface area contributed by atoms with E-state index in [1.165, 1.54) is 13.5 Å². The minimum atomic E-state index is -0.333. The summed E-state index contributed by atoms with van der Waals surface area (Å²) in [6.45, 7) is 2.68. The molecule has 2 N–H and O–H groups in total. The van der Waals surface area contributed by atoms with E-state index in [9.17, 15) is 4.79 Å². The van der Waals surface area contributed by atoms with Crippen LogP contribution in [-0.2, 0) is 16.0 Å². The molecule has 0 spiro atoms. The molecule has 23 heavy (non-hydrogen) atoms. The molecule has 5 nitrogen and oxygen atoms in total. The van der Waals surface area contributed by atoms with E-state index in [0.717, 1.165) is 43.2 Å². The van der Waals surface area contributed by atoms with Crippen molar-refractivity contribution in [1.82, 2.24) is 0 Å². The molecule has 1 aromatic heterocycles. The van der Waals surface area contributed by atoms with E-state index in [-0.39, 0.29) is 5.97 Å². The second kappa shape index (κ2) is 7.44. The molecular formula is C18H22NO4+. The molecule has 1 saturated heterocycles. The lowest BCUT2D eigenvalue weighted by atomic mass is 10.1. The molecule has 3 rings (SSSR count). The van der Waals surface area contributed by atoms with Gasteiger partial charge in [0.15, 0.2) is 5.76 Å². The van der Waals surface area contributed by atoms with Gasteiger partial charge in [-0.25, -0.2) is 4.79 Å². The summed E-state index contributed by atoms with van der Waals surface area (Å²) >= 11 is 0. The molecule has 1 aliphatic rings. The molecule has 1 aliphatic heterocycles. The topological polar surface area (TPSA) is 65.3 Å². The zero-order valence-electron chi connectivity index (χ0n) is 13.3. The number of esters is 1. The fourth-order valence-electron chi connectivity index (χ4n) is 2.77. The second-order valence-corrected chi connectivity index (χ2v) is 5.70. The Morgan fingerprint density at radius 2 is 2.09 bits per heavy atom. The lowest BCUT2D eigenvalue weighted by molar-refractivity contribution is -0.677. The number of furan rings is 1. The Morgan fingerprint density at radius 1 is 1.26 bits per heavy atom. The number of benzene rings is 1. The lowest BCUT2D eigenvalue weighted by Gasteiger charge is -2.06. The molecule has 0 unspecified atom stereocenters. The van der Waals surface area contributed by atoms with E-state index >= 15 is 0 Å². The molecule has 0 saturated carbocycles. The maximum atomic E-state index is 11.4. The summed E-state index contributed by atoms with van der Waals surface area (Å²) in [6.07, 6.45) is 2.72. The highest BCUT2D eigenvalue weighted by Crippen LogP contribution is 2.22. The average molecular weight is 316 g/mol. The van der Waals surface area contributed by atoms with Crippen molar-refractivity contribution in [2.45, 2.75) is 25.5 Å². The Hall–Kier alpha value is -2.11. The molecular weight excluding hydrogens is 294 g/mol. The maximum Gasteiger partial charge on any atom is 0.337 e. The molecule has 2 heterocycles. The van der Waals surface area contributed by atoms with Crippen molar-refractivity contribution in [3.05, 3.63) is 47.7 Å². The van der Waals surface area contributed by atoms with Crippen LogP contribution in [0.1, 0.15) is 29.0 Å². The van der Waals surface area contributed by atoms with Crippen LogP contribution in [0.2, 0.25) is 0 Å². The highest BCUT2D eigenvalue weighted by atomic mass is 16.5. The van der Waals surface area contributed by atoms with E-state index in [2.05, 4.69) is 5.32 Å². The van der Waals surface area contributed by atoms with Crippen LogP contribution in [0.25, 0.3) is 11.3 Å². The molecule has 0 aliphatic carbocycles. The van der Waals surface area contributed by atoms with Crippen LogP contribution in [-0.4, -0.2) is 32.3 Å². The van der Waals surface area contributed by atoms with Gasteiger partial charge in [0.05, 0.1) is 12.7 Å². The number of quaternary nitrogens is 1. The van der Waals surface area contributed by atoms with E-state index in [1.807, 2.05) is 24.3 Å². The first-order valence-electron chi connectivity index (χ1n) is 7.97.